The Hall–Kier alpha value is -0.860. The summed E-state index contributed by atoms with van der Waals surface area (Å²) >= 11 is 0. The number of aliphatic hydroxyl groups excluding tert-OH is 1. The van der Waals surface area contributed by atoms with Crippen molar-refractivity contribution in [1.29, 1.82) is 0 Å². The largest absolute Gasteiger partial charge is 0.392 e. The lowest BCUT2D eigenvalue weighted by Crippen LogP contribution is -2.23. The molecule has 1 unspecified atom stereocenters. The predicted molar refractivity (Wildman–Crippen MR) is 61.8 cm³/mol. The second-order valence-electron chi connectivity index (χ2n) is 4.33. The van der Waals surface area contributed by atoms with E-state index in [9.17, 15) is 5.11 Å². The number of hydrogen-bond donors (Lipinski definition) is 1. The first kappa shape index (κ1) is 10.7. The van der Waals surface area contributed by atoms with E-state index in [-0.39, 0.29) is 6.10 Å². The van der Waals surface area contributed by atoms with Gasteiger partial charge in [0.25, 0.3) is 0 Å². The van der Waals surface area contributed by atoms with Gasteiger partial charge in [0.1, 0.15) is 0 Å². The van der Waals surface area contributed by atoms with E-state index < -0.39 is 0 Å². The third-order valence-electron chi connectivity index (χ3n) is 3.03. The monoisotopic (exact) mass is 205 g/mol. The zero-order valence-electron chi connectivity index (χ0n) is 9.10. The fourth-order valence-electron chi connectivity index (χ4n) is 2.17. The van der Waals surface area contributed by atoms with E-state index in [1.807, 2.05) is 0 Å². The van der Waals surface area contributed by atoms with Gasteiger partial charge in [0.05, 0.1) is 6.10 Å². The molecule has 15 heavy (non-hydrogen) atoms. The molecule has 1 atom stereocenters. The first-order valence-electron chi connectivity index (χ1n) is 5.79. The Balaban J connectivity index is 1.67. The molecule has 0 aliphatic carbocycles. The Morgan fingerprint density at radius 1 is 1.27 bits per heavy atom. The van der Waals surface area contributed by atoms with Gasteiger partial charge < -0.3 is 10.0 Å². The maximum absolute atomic E-state index is 9.37. The second kappa shape index (κ2) is 5.29. The van der Waals surface area contributed by atoms with Crippen LogP contribution in [0.5, 0.6) is 0 Å². The van der Waals surface area contributed by atoms with Gasteiger partial charge in [-0.3, -0.25) is 0 Å². The van der Waals surface area contributed by atoms with E-state index in [1.54, 1.807) is 0 Å². The SMILES string of the molecule is OC1CCN(CCCc2ccccc2)C1. The molecule has 0 amide bonds. The molecule has 0 radical (unpaired) electrons. The Morgan fingerprint density at radius 3 is 2.73 bits per heavy atom. The number of aryl methyl sites for hydroxylation is 1. The van der Waals surface area contributed by atoms with Gasteiger partial charge in [0, 0.05) is 13.1 Å². The fraction of sp³-hybridized carbons (Fsp3) is 0.538. The summed E-state index contributed by atoms with van der Waals surface area (Å²) in [5.41, 5.74) is 1.41. The minimum atomic E-state index is -0.0817. The van der Waals surface area contributed by atoms with Gasteiger partial charge in [0.15, 0.2) is 0 Å². The van der Waals surface area contributed by atoms with E-state index in [0.29, 0.717) is 0 Å². The topological polar surface area (TPSA) is 23.5 Å². The minimum absolute atomic E-state index is 0.0817. The van der Waals surface area contributed by atoms with Gasteiger partial charge in [-0.25, -0.2) is 0 Å². The average Bonchev–Trinajstić information content (AvgIpc) is 2.66. The molecule has 0 spiro atoms. The second-order valence-corrected chi connectivity index (χ2v) is 4.33. The van der Waals surface area contributed by atoms with E-state index in [2.05, 4.69) is 35.2 Å². The van der Waals surface area contributed by atoms with Crippen LogP contribution >= 0.6 is 0 Å². The highest BCUT2D eigenvalue weighted by molar-refractivity contribution is 5.14. The Bertz CT molecular complexity index is 286. The number of nitrogens with zero attached hydrogens (tertiary/aromatic N) is 1. The molecule has 2 rings (SSSR count). The molecule has 1 N–H and O–H groups in total. The Labute approximate surface area is 91.5 Å². The zero-order valence-corrected chi connectivity index (χ0v) is 9.10. The molecular formula is C13H19NO. The highest BCUT2D eigenvalue weighted by Gasteiger charge is 2.18. The number of hydrogen-bond acceptors (Lipinski definition) is 2. The van der Waals surface area contributed by atoms with Crippen molar-refractivity contribution in [1.82, 2.24) is 4.90 Å². The smallest absolute Gasteiger partial charge is 0.0679 e. The van der Waals surface area contributed by atoms with Gasteiger partial charge >= 0.3 is 0 Å². The summed E-state index contributed by atoms with van der Waals surface area (Å²) < 4.78 is 0. The zero-order chi connectivity index (χ0) is 10.5. The van der Waals surface area contributed by atoms with Crippen molar-refractivity contribution in [2.45, 2.75) is 25.4 Å². The first-order valence-corrected chi connectivity index (χ1v) is 5.79. The van der Waals surface area contributed by atoms with Crippen LogP contribution in [0.3, 0.4) is 0 Å². The maximum atomic E-state index is 9.37. The number of benzene rings is 1. The molecule has 1 aromatic rings. The summed E-state index contributed by atoms with van der Waals surface area (Å²) in [5, 5.41) is 9.37. The van der Waals surface area contributed by atoms with Crippen molar-refractivity contribution in [3.63, 3.8) is 0 Å². The van der Waals surface area contributed by atoms with Crippen LogP contribution in [0.2, 0.25) is 0 Å². The highest BCUT2D eigenvalue weighted by atomic mass is 16.3. The molecule has 2 heteroatoms. The fourth-order valence-corrected chi connectivity index (χ4v) is 2.17. The van der Waals surface area contributed by atoms with Crippen molar-refractivity contribution in [2.24, 2.45) is 0 Å². The maximum Gasteiger partial charge on any atom is 0.0679 e. The van der Waals surface area contributed by atoms with Crippen LogP contribution in [-0.4, -0.2) is 35.7 Å². The summed E-state index contributed by atoms with van der Waals surface area (Å²) in [6, 6.07) is 10.6. The first-order chi connectivity index (χ1) is 7.34. The predicted octanol–water partition coefficient (Wildman–Crippen LogP) is 1.69. The summed E-state index contributed by atoms with van der Waals surface area (Å²) in [6.45, 7) is 3.05. The summed E-state index contributed by atoms with van der Waals surface area (Å²) in [7, 11) is 0. The van der Waals surface area contributed by atoms with Gasteiger partial charge in [-0.05, 0) is 31.4 Å². The van der Waals surface area contributed by atoms with Gasteiger partial charge in [0.2, 0.25) is 0 Å². The lowest BCUT2D eigenvalue weighted by molar-refractivity contribution is 0.176. The molecule has 0 bridgehead atoms. The molecule has 1 aromatic carbocycles. The normalized spacial score (nSPS) is 22.1. The van der Waals surface area contributed by atoms with Crippen molar-refractivity contribution in [3.8, 4) is 0 Å². The minimum Gasteiger partial charge on any atom is -0.392 e. The quantitative estimate of drug-likeness (QED) is 0.808. The third-order valence-corrected chi connectivity index (χ3v) is 3.03. The van der Waals surface area contributed by atoms with Crippen LogP contribution in [0.1, 0.15) is 18.4 Å². The molecule has 82 valence electrons. The lowest BCUT2D eigenvalue weighted by Gasteiger charge is -2.14. The van der Waals surface area contributed by atoms with Crippen molar-refractivity contribution in [2.75, 3.05) is 19.6 Å². The van der Waals surface area contributed by atoms with E-state index in [0.717, 1.165) is 32.5 Å². The molecule has 1 fully saturated rings. The number of aliphatic hydroxyl groups is 1. The summed E-state index contributed by atoms with van der Waals surface area (Å²) in [4.78, 5) is 2.35. The number of rotatable bonds is 4. The van der Waals surface area contributed by atoms with Crippen molar-refractivity contribution < 1.29 is 5.11 Å². The van der Waals surface area contributed by atoms with Gasteiger partial charge in [-0.2, -0.15) is 0 Å². The molecule has 1 heterocycles. The Kier molecular flexibility index (Phi) is 3.75. The van der Waals surface area contributed by atoms with Crippen molar-refractivity contribution >= 4 is 0 Å². The third kappa shape index (κ3) is 3.33. The summed E-state index contributed by atoms with van der Waals surface area (Å²) in [5.74, 6) is 0. The van der Waals surface area contributed by atoms with E-state index in [4.69, 9.17) is 0 Å². The van der Waals surface area contributed by atoms with Crippen LogP contribution in [-0.2, 0) is 6.42 Å². The standard InChI is InChI=1S/C13H19NO/c15-13-8-10-14(11-13)9-4-7-12-5-2-1-3-6-12/h1-3,5-6,13,15H,4,7-11H2. The summed E-state index contributed by atoms with van der Waals surface area (Å²) in [6.07, 6.45) is 3.21. The molecule has 2 nitrogen and oxygen atoms in total. The molecule has 1 saturated heterocycles. The lowest BCUT2D eigenvalue weighted by atomic mass is 10.1. The van der Waals surface area contributed by atoms with Crippen LogP contribution in [0.15, 0.2) is 30.3 Å². The molecule has 1 aliphatic heterocycles. The average molecular weight is 205 g/mol. The van der Waals surface area contributed by atoms with E-state index in [1.165, 1.54) is 12.0 Å². The van der Waals surface area contributed by atoms with Crippen molar-refractivity contribution in [3.05, 3.63) is 35.9 Å². The van der Waals surface area contributed by atoms with Crippen LogP contribution in [0.25, 0.3) is 0 Å². The molecule has 0 aromatic heterocycles. The Morgan fingerprint density at radius 2 is 2.07 bits per heavy atom. The highest BCUT2D eigenvalue weighted by Crippen LogP contribution is 2.10. The van der Waals surface area contributed by atoms with Gasteiger partial charge in [-0.1, -0.05) is 30.3 Å². The van der Waals surface area contributed by atoms with Crippen LogP contribution in [0, 0.1) is 0 Å². The van der Waals surface area contributed by atoms with E-state index >= 15 is 0 Å². The molecular weight excluding hydrogens is 186 g/mol. The number of β-amino-alcohol motifs (C(OH)–C–C–N with tert-alkyl or cyclic N) is 1. The van der Waals surface area contributed by atoms with Crippen LogP contribution in [0.4, 0.5) is 0 Å². The number of likely N-dealkylation sites (tertiary alicyclic amines) is 1. The van der Waals surface area contributed by atoms with Crippen LogP contribution < -0.4 is 0 Å². The van der Waals surface area contributed by atoms with Gasteiger partial charge in [-0.15, -0.1) is 0 Å². The molecule has 1 aliphatic rings. The molecule has 0 saturated carbocycles.